The van der Waals surface area contributed by atoms with Gasteiger partial charge in [0, 0.05) is 24.5 Å². The molecular formula is C16H18N4O. The van der Waals surface area contributed by atoms with Gasteiger partial charge in [-0.3, -0.25) is 9.78 Å². The molecule has 0 spiro atoms. The predicted molar refractivity (Wildman–Crippen MR) is 80.5 cm³/mol. The summed E-state index contributed by atoms with van der Waals surface area (Å²) in [6.07, 6.45) is 4.34. The number of nitrogens with zero attached hydrogens (tertiary/aromatic N) is 3. The highest BCUT2D eigenvalue weighted by Gasteiger charge is 2.16. The third-order valence-corrected chi connectivity index (χ3v) is 3.69. The number of aliphatic hydroxyl groups is 1. The van der Waals surface area contributed by atoms with E-state index in [2.05, 4.69) is 15.3 Å². The Balaban J connectivity index is 1.75. The van der Waals surface area contributed by atoms with Gasteiger partial charge in [0.05, 0.1) is 18.0 Å². The first kappa shape index (κ1) is 13.6. The van der Waals surface area contributed by atoms with Gasteiger partial charge in [0.1, 0.15) is 0 Å². The lowest BCUT2D eigenvalue weighted by Crippen LogP contribution is -2.04. The molecule has 5 nitrogen and oxygen atoms in total. The Labute approximate surface area is 123 Å². The van der Waals surface area contributed by atoms with Gasteiger partial charge in [0.25, 0.3) is 0 Å². The van der Waals surface area contributed by atoms with Gasteiger partial charge in [-0.1, -0.05) is 30.3 Å². The second-order valence-electron chi connectivity index (χ2n) is 5.07. The maximum Gasteiger partial charge on any atom is 0.0830 e. The molecule has 0 amide bonds. The minimum absolute atomic E-state index is 0.547. The van der Waals surface area contributed by atoms with Crippen molar-refractivity contribution in [3.8, 4) is 11.3 Å². The van der Waals surface area contributed by atoms with Crippen molar-refractivity contribution in [3.63, 3.8) is 0 Å². The third-order valence-electron chi connectivity index (χ3n) is 3.69. The first-order valence-electron chi connectivity index (χ1n) is 6.99. The molecule has 3 aromatic rings. The monoisotopic (exact) mass is 282 g/mol. The molecule has 0 saturated carbocycles. The smallest absolute Gasteiger partial charge is 0.0830 e. The van der Waals surface area contributed by atoms with Crippen LogP contribution in [0.1, 0.15) is 23.8 Å². The fourth-order valence-electron chi connectivity index (χ4n) is 2.47. The Morgan fingerprint density at radius 3 is 2.76 bits per heavy atom. The molecule has 1 unspecified atom stereocenters. The minimum atomic E-state index is -0.547. The molecule has 0 aliphatic heterocycles. The Morgan fingerprint density at radius 1 is 1.24 bits per heavy atom. The van der Waals surface area contributed by atoms with E-state index in [1.807, 2.05) is 48.1 Å². The Morgan fingerprint density at radius 2 is 2.05 bits per heavy atom. The molecule has 0 saturated heterocycles. The van der Waals surface area contributed by atoms with E-state index in [1.165, 1.54) is 0 Å². The fraction of sp³-hybridized carbons (Fsp3) is 0.250. The zero-order valence-corrected chi connectivity index (χ0v) is 11.9. The first-order chi connectivity index (χ1) is 10.3. The highest BCUT2D eigenvalue weighted by molar-refractivity contribution is 5.62. The zero-order valence-electron chi connectivity index (χ0n) is 11.9. The highest BCUT2D eigenvalue weighted by atomic mass is 16.3. The van der Waals surface area contributed by atoms with Crippen LogP contribution in [0.25, 0.3) is 11.3 Å². The van der Waals surface area contributed by atoms with E-state index in [-0.39, 0.29) is 0 Å². The largest absolute Gasteiger partial charge is 0.388 e. The van der Waals surface area contributed by atoms with Crippen LogP contribution in [0.5, 0.6) is 0 Å². The van der Waals surface area contributed by atoms with Gasteiger partial charge >= 0.3 is 0 Å². The van der Waals surface area contributed by atoms with E-state index >= 15 is 0 Å². The molecule has 1 atom stereocenters. The van der Waals surface area contributed by atoms with Crippen LogP contribution < -0.4 is 0 Å². The van der Waals surface area contributed by atoms with E-state index in [0.717, 1.165) is 28.9 Å². The van der Waals surface area contributed by atoms with E-state index in [9.17, 15) is 5.11 Å². The summed E-state index contributed by atoms with van der Waals surface area (Å²) in [6.45, 7) is 0. The quantitative estimate of drug-likeness (QED) is 0.755. The molecule has 0 aliphatic carbocycles. The van der Waals surface area contributed by atoms with Crippen LogP contribution in [0.4, 0.5) is 0 Å². The highest BCUT2D eigenvalue weighted by Crippen LogP contribution is 2.28. The van der Waals surface area contributed by atoms with Gasteiger partial charge in [0.2, 0.25) is 0 Å². The number of hydrogen-bond donors (Lipinski definition) is 2. The maximum atomic E-state index is 10.5. The second-order valence-corrected chi connectivity index (χ2v) is 5.07. The lowest BCUT2D eigenvalue weighted by atomic mass is 10.0. The van der Waals surface area contributed by atoms with E-state index < -0.39 is 6.10 Å². The molecule has 0 radical (unpaired) electrons. The summed E-state index contributed by atoms with van der Waals surface area (Å²) in [5, 5.41) is 21.7. The second kappa shape index (κ2) is 5.93. The molecule has 3 rings (SSSR count). The summed E-state index contributed by atoms with van der Waals surface area (Å²) < 4.78 is 1.83. The number of nitrogens with one attached hydrogen (secondary N) is 1. The number of aromatic amines is 1. The summed E-state index contributed by atoms with van der Waals surface area (Å²) >= 11 is 0. The number of aromatic nitrogens is 4. The normalized spacial score (nSPS) is 12.5. The maximum absolute atomic E-state index is 10.5. The van der Waals surface area contributed by atoms with Crippen LogP contribution in [0.2, 0.25) is 0 Å². The molecule has 0 fully saturated rings. The molecule has 108 valence electrons. The Hall–Kier alpha value is -2.40. The van der Waals surface area contributed by atoms with Crippen LogP contribution in [0, 0.1) is 0 Å². The average Bonchev–Trinajstić information content (AvgIpc) is 3.15. The van der Waals surface area contributed by atoms with Crippen molar-refractivity contribution in [3.05, 3.63) is 60.0 Å². The van der Waals surface area contributed by atoms with Gasteiger partial charge < -0.3 is 5.11 Å². The van der Waals surface area contributed by atoms with Gasteiger partial charge in [-0.2, -0.15) is 10.2 Å². The van der Waals surface area contributed by atoms with Crippen LogP contribution in [0.15, 0.2) is 48.8 Å². The molecule has 2 heterocycles. The molecule has 2 aromatic heterocycles. The van der Waals surface area contributed by atoms with Crippen LogP contribution in [-0.4, -0.2) is 25.1 Å². The topological polar surface area (TPSA) is 66.7 Å². The SMILES string of the molecule is Cn1nccc1CCC(O)c1cn[nH]c1-c1ccccc1. The zero-order chi connectivity index (χ0) is 14.7. The Kier molecular flexibility index (Phi) is 3.83. The number of rotatable bonds is 5. The standard InChI is InChI=1S/C16H18N4O/c1-20-13(9-10-18-20)7-8-15(21)14-11-17-19-16(14)12-5-3-2-4-6-12/h2-6,9-11,15,21H,7-8H2,1H3,(H,17,19). The molecule has 1 aromatic carbocycles. The molecule has 21 heavy (non-hydrogen) atoms. The van der Waals surface area contributed by atoms with Crippen LogP contribution >= 0.6 is 0 Å². The van der Waals surface area contributed by atoms with Crippen molar-refractivity contribution < 1.29 is 5.11 Å². The molecular weight excluding hydrogens is 264 g/mol. The summed E-state index contributed by atoms with van der Waals surface area (Å²) in [6, 6.07) is 11.9. The summed E-state index contributed by atoms with van der Waals surface area (Å²) in [4.78, 5) is 0. The van der Waals surface area contributed by atoms with Crippen LogP contribution in [-0.2, 0) is 13.5 Å². The molecule has 0 aliphatic rings. The van der Waals surface area contributed by atoms with Crippen molar-refractivity contribution in [1.82, 2.24) is 20.0 Å². The molecule has 0 bridgehead atoms. The lowest BCUT2D eigenvalue weighted by Gasteiger charge is -2.11. The van der Waals surface area contributed by atoms with Gasteiger partial charge in [0.15, 0.2) is 0 Å². The van der Waals surface area contributed by atoms with Crippen molar-refractivity contribution in [1.29, 1.82) is 0 Å². The number of benzene rings is 1. The minimum Gasteiger partial charge on any atom is -0.388 e. The lowest BCUT2D eigenvalue weighted by molar-refractivity contribution is 0.167. The third kappa shape index (κ3) is 2.87. The number of hydrogen-bond acceptors (Lipinski definition) is 3. The van der Waals surface area contributed by atoms with Gasteiger partial charge in [-0.15, -0.1) is 0 Å². The van der Waals surface area contributed by atoms with Crippen molar-refractivity contribution in [2.24, 2.45) is 7.05 Å². The summed E-state index contributed by atoms with van der Waals surface area (Å²) in [5.74, 6) is 0. The fourth-order valence-corrected chi connectivity index (χ4v) is 2.47. The van der Waals surface area contributed by atoms with Crippen molar-refractivity contribution >= 4 is 0 Å². The number of H-pyrrole nitrogens is 1. The number of aryl methyl sites for hydroxylation is 2. The van der Waals surface area contributed by atoms with E-state index in [1.54, 1.807) is 12.4 Å². The first-order valence-corrected chi connectivity index (χ1v) is 6.99. The van der Waals surface area contributed by atoms with Gasteiger partial charge in [-0.05, 0) is 24.5 Å². The summed E-state index contributed by atoms with van der Waals surface area (Å²) in [7, 11) is 1.91. The Bertz CT molecular complexity index is 702. The predicted octanol–water partition coefficient (Wildman–Crippen LogP) is 2.48. The van der Waals surface area contributed by atoms with E-state index in [0.29, 0.717) is 6.42 Å². The van der Waals surface area contributed by atoms with Crippen molar-refractivity contribution in [2.45, 2.75) is 18.9 Å². The van der Waals surface area contributed by atoms with Crippen LogP contribution in [0.3, 0.4) is 0 Å². The van der Waals surface area contributed by atoms with Crippen molar-refractivity contribution in [2.75, 3.05) is 0 Å². The van der Waals surface area contributed by atoms with Gasteiger partial charge in [-0.25, -0.2) is 0 Å². The number of aliphatic hydroxyl groups excluding tert-OH is 1. The molecule has 5 heteroatoms. The average molecular weight is 282 g/mol. The summed E-state index contributed by atoms with van der Waals surface area (Å²) in [5.41, 5.74) is 3.86. The molecule has 2 N–H and O–H groups in total. The van der Waals surface area contributed by atoms with E-state index in [4.69, 9.17) is 0 Å².